The number of hydrogen-bond acceptors (Lipinski definition) is 5. The number of carbonyl (C=O) groups is 2. The first kappa shape index (κ1) is 20.6. The van der Waals surface area contributed by atoms with Gasteiger partial charge in [0.25, 0.3) is 5.91 Å². The van der Waals surface area contributed by atoms with E-state index in [0.29, 0.717) is 28.2 Å². The van der Waals surface area contributed by atoms with Crippen LogP contribution in [0.2, 0.25) is 5.15 Å². The number of para-hydroxylation sites is 1. The fourth-order valence-electron chi connectivity index (χ4n) is 3.53. The van der Waals surface area contributed by atoms with Gasteiger partial charge in [-0.05, 0) is 42.2 Å². The van der Waals surface area contributed by atoms with Gasteiger partial charge >= 0.3 is 0 Å². The minimum Gasteiger partial charge on any atom is -0.366 e. The summed E-state index contributed by atoms with van der Waals surface area (Å²) in [5.41, 5.74) is 9.83. The topological polar surface area (TPSA) is 98.8 Å². The molecule has 0 radical (unpaired) electrons. The van der Waals surface area contributed by atoms with Gasteiger partial charge in [-0.3, -0.25) is 9.59 Å². The van der Waals surface area contributed by atoms with E-state index in [2.05, 4.69) is 15.0 Å². The van der Waals surface area contributed by atoms with Gasteiger partial charge in [0.15, 0.2) is 5.78 Å². The lowest BCUT2D eigenvalue weighted by molar-refractivity contribution is 0.0987. The molecule has 4 aromatic rings. The number of Topliss-reactive ketones (excluding diaryl/α,β-unsaturated/α-hetero) is 1. The molecule has 2 N–H and O–H groups in total. The Morgan fingerprint density at radius 1 is 0.903 bits per heavy atom. The minimum atomic E-state index is -0.511. The van der Waals surface area contributed by atoms with E-state index >= 15 is 0 Å². The number of aryl methyl sites for hydroxylation is 2. The Kier molecular flexibility index (Phi) is 6.00. The van der Waals surface area contributed by atoms with E-state index in [9.17, 15) is 9.59 Å². The van der Waals surface area contributed by atoms with Gasteiger partial charge < -0.3 is 5.73 Å². The van der Waals surface area contributed by atoms with E-state index in [1.54, 1.807) is 24.3 Å². The quantitative estimate of drug-likeness (QED) is 0.353. The number of nitrogens with two attached hydrogens (primary N) is 1. The number of fused-ring (bicyclic) bond motifs is 1. The van der Waals surface area contributed by atoms with Crippen LogP contribution in [0.15, 0.2) is 67.1 Å². The molecule has 2 aromatic carbocycles. The first-order valence-electron chi connectivity index (χ1n) is 9.76. The number of hydrogen-bond donors (Lipinski definition) is 1. The zero-order valence-corrected chi connectivity index (χ0v) is 17.3. The molecule has 0 atom stereocenters. The second-order valence-corrected chi connectivity index (χ2v) is 7.56. The highest BCUT2D eigenvalue weighted by Crippen LogP contribution is 2.20. The molecule has 31 heavy (non-hydrogen) atoms. The summed E-state index contributed by atoms with van der Waals surface area (Å²) in [7, 11) is 0. The van der Waals surface area contributed by atoms with Crippen molar-refractivity contribution >= 4 is 34.2 Å². The molecule has 2 aromatic heterocycles. The third-order valence-corrected chi connectivity index (χ3v) is 5.29. The van der Waals surface area contributed by atoms with Crippen molar-refractivity contribution in [3.8, 4) is 0 Å². The monoisotopic (exact) mass is 430 g/mol. The molecule has 154 valence electrons. The summed E-state index contributed by atoms with van der Waals surface area (Å²) < 4.78 is 0. The van der Waals surface area contributed by atoms with Crippen molar-refractivity contribution in [2.75, 3.05) is 0 Å². The highest BCUT2D eigenvalue weighted by Gasteiger charge is 2.12. The number of aromatic nitrogens is 3. The third kappa shape index (κ3) is 4.75. The third-order valence-electron chi connectivity index (χ3n) is 5.07. The molecule has 0 bridgehead atoms. The number of primary amides is 1. The van der Waals surface area contributed by atoms with Crippen LogP contribution in [-0.2, 0) is 19.3 Å². The minimum absolute atomic E-state index is 0.0120. The van der Waals surface area contributed by atoms with E-state index in [1.165, 1.54) is 12.5 Å². The molecule has 1 amide bonds. The highest BCUT2D eigenvalue weighted by molar-refractivity contribution is 6.29. The van der Waals surface area contributed by atoms with Crippen LogP contribution >= 0.6 is 11.6 Å². The zero-order valence-electron chi connectivity index (χ0n) is 16.6. The maximum absolute atomic E-state index is 12.5. The number of pyridine rings is 1. The van der Waals surface area contributed by atoms with Gasteiger partial charge in [-0.2, -0.15) is 0 Å². The van der Waals surface area contributed by atoms with Crippen molar-refractivity contribution in [3.05, 3.63) is 100 Å². The average Bonchev–Trinajstić information content (AvgIpc) is 2.77. The van der Waals surface area contributed by atoms with Crippen molar-refractivity contribution in [2.45, 2.75) is 19.3 Å². The van der Waals surface area contributed by atoms with E-state index < -0.39 is 5.91 Å². The SMILES string of the molecule is NC(=O)c1cccc2c(CCc3cccc(CC(=O)c4ccc(Cl)nc4)c3)ncnc12. The highest BCUT2D eigenvalue weighted by atomic mass is 35.5. The maximum Gasteiger partial charge on any atom is 0.250 e. The number of amides is 1. The van der Waals surface area contributed by atoms with Gasteiger partial charge in [0.2, 0.25) is 0 Å². The Balaban J connectivity index is 1.50. The fraction of sp³-hybridized carbons (Fsp3) is 0.125. The molecular weight excluding hydrogens is 412 g/mol. The van der Waals surface area contributed by atoms with Crippen molar-refractivity contribution < 1.29 is 9.59 Å². The molecule has 0 saturated heterocycles. The number of benzene rings is 2. The standard InChI is InChI=1S/C24H19ClN4O2/c25-22-10-8-17(13-27-22)21(30)12-16-4-1-3-15(11-16)7-9-20-18-5-2-6-19(24(26)31)23(18)29-14-28-20/h1-6,8,10-11,13-14H,7,9,12H2,(H2,26,31). The molecule has 7 heteroatoms. The van der Waals surface area contributed by atoms with Crippen molar-refractivity contribution in [1.29, 1.82) is 0 Å². The second-order valence-electron chi connectivity index (χ2n) is 7.18. The number of nitrogens with zero attached hydrogens (tertiary/aromatic N) is 3. The van der Waals surface area contributed by atoms with Gasteiger partial charge in [-0.1, -0.05) is 48.0 Å². The van der Waals surface area contributed by atoms with E-state index in [4.69, 9.17) is 17.3 Å². The molecule has 0 fully saturated rings. The average molecular weight is 431 g/mol. The van der Waals surface area contributed by atoms with Crippen LogP contribution in [0.3, 0.4) is 0 Å². The molecule has 0 saturated carbocycles. The zero-order chi connectivity index (χ0) is 21.8. The van der Waals surface area contributed by atoms with Gasteiger partial charge in [0.05, 0.1) is 16.8 Å². The maximum atomic E-state index is 12.5. The normalized spacial score (nSPS) is 10.9. The van der Waals surface area contributed by atoms with Crippen molar-refractivity contribution in [1.82, 2.24) is 15.0 Å². The molecule has 2 heterocycles. The predicted molar refractivity (Wildman–Crippen MR) is 119 cm³/mol. The van der Waals surface area contributed by atoms with E-state index in [1.807, 2.05) is 30.3 Å². The van der Waals surface area contributed by atoms with Crippen LogP contribution in [0.4, 0.5) is 0 Å². The van der Waals surface area contributed by atoms with Gasteiger partial charge in [0.1, 0.15) is 11.5 Å². The van der Waals surface area contributed by atoms with Gasteiger partial charge in [-0.25, -0.2) is 15.0 Å². The number of carbonyl (C=O) groups excluding carboxylic acids is 2. The summed E-state index contributed by atoms with van der Waals surface area (Å²) in [6, 6.07) is 16.6. The Bertz CT molecular complexity index is 1270. The summed E-state index contributed by atoms with van der Waals surface area (Å²) in [4.78, 5) is 36.8. The lowest BCUT2D eigenvalue weighted by atomic mass is 9.99. The fourth-order valence-corrected chi connectivity index (χ4v) is 3.64. The Morgan fingerprint density at radius 3 is 2.48 bits per heavy atom. The first-order valence-corrected chi connectivity index (χ1v) is 10.1. The van der Waals surface area contributed by atoms with Crippen LogP contribution in [0, 0.1) is 0 Å². The Labute approximate surface area is 184 Å². The molecule has 0 aliphatic rings. The number of halogens is 1. The number of ketones is 1. The molecule has 6 nitrogen and oxygen atoms in total. The molecule has 0 aliphatic carbocycles. The van der Waals surface area contributed by atoms with Gasteiger partial charge in [-0.15, -0.1) is 0 Å². The summed E-state index contributed by atoms with van der Waals surface area (Å²) in [5, 5.41) is 1.18. The van der Waals surface area contributed by atoms with Crippen LogP contribution < -0.4 is 5.73 Å². The molecule has 0 unspecified atom stereocenters. The summed E-state index contributed by atoms with van der Waals surface area (Å²) in [6.45, 7) is 0. The molecule has 0 aliphatic heterocycles. The summed E-state index contributed by atoms with van der Waals surface area (Å²) in [6.07, 6.45) is 4.64. The first-order chi connectivity index (χ1) is 15.0. The lowest BCUT2D eigenvalue weighted by Gasteiger charge is -2.08. The molecule has 0 spiro atoms. The van der Waals surface area contributed by atoms with Crippen molar-refractivity contribution in [2.24, 2.45) is 5.73 Å². The largest absolute Gasteiger partial charge is 0.366 e. The molecule has 4 rings (SSSR count). The number of rotatable bonds is 7. The summed E-state index contributed by atoms with van der Waals surface area (Å²) in [5.74, 6) is -0.523. The van der Waals surface area contributed by atoms with Crippen molar-refractivity contribution in [3.63, 3.8) is 0 Å². The second kappa shape index (κ2) is 9.02. The Morgan fingerprint density at radius 2 is 1.71 bits per heavy atom. The summed E-state index contributed by atoms with van der Waals surface area (Å²) >= 11 is 5.79. The Hall–Kier alpha value is -3.64. The van der Waals surface area contributed by atoms with E-state index in [0.717, 1.165) is 28.6 Å². The van der Waals surface area contributed by atoms with Crippen LogP contribution in [0.25, 0.3) is 10.9 Å². The molecular formula is C24H19ClN4O2. The smallest absolute Gasteiger partial charge is 0.250 e. The van der Waals surface area contributed by atoms with Crippen LogP contribution in [0.1, 0.15) is 37.5 Å². The lowest BCUT2D eigenvalue weighted by Crippen LogP contribution is -2.12. The predicted octanol–water partition coefficient (Wildman–Crippen LogP) is 3.99. The van der Waals surface area contributed by atoms with Crippen LogP contribution in [0.5, 0.6) is 0 Å². The van der Waals surface area contributed by atoms with Crippen LogP contribution in [-0.4, -0.2) is 26.6 Å². The van der Waals surface area contributed by atoms with Gasteiger partial charge in [0, 0.05) is 23.6 Å². The van der Waals surface area contributed by atoms with E-state index in [-0.39, 0.29) is 12.2 Å².